The number of rotatable bonds is 4. The molecular formula is C20H21N3O4S. The van der Waals surface area contributed by atoms with E-state index in [9.17, 15) is 14.4 Å². The number of ether oxygens (including phenoxy) is 1. The number of esters is 1. The number of carbonyl (C=O) groups is 2. The van der Waals surface area contributed by atoms with Crippen LogP contribution in [0.1, 0.15) is 40.4 Å². The van der Waals surface area contributed by atoms with E-state index in [1.807, 2.05) is 6.07 Å². The Kier molecular flexibility index (Phi) is 4.80. The maximum absolute atomic E-state index is 12.5. The molecule has 3 aromatic rings. The van der Waals surface area contributed by atoms with Crippen molar-refractivity contribution in [1.82, 2.24) is 9.97 Å². The number of carbonyl (C=O) groups excluding carboxylic acids is 2. The summed E-state index contributed by atoms with van der Waals surface area (Å²) < 4.78 is 5.36. The number of amides is 1. The number of aromatic amines is 2. The van der Waals surface area contributed by atoms with Crippen LogP contribution in [0.5, 0.6) is 0 Å². The normalized spacial score (nSPS) is 17.1. The van der Waals surface area contributed by atoms with Crippen molar-refractivity contribution in [3.05, 3.63) is 50.1 Å². The molecule has 0 saturated carbocycles. The molecule has 0 fully saturated rings. The third-order valence-corrected chi connectivity index (χ3v) is 6.18. The van der Waals surface area contributed by atoms with E-state index in [4.69, 9.17) is 4.74 Å². The number of aryl methyl sites for hydroxylation is 1. The minimum absolute atomic E-state index is 0.311. The van der Waals surface area contributed by atoms with Crippen molar-refractivity contribution in [2.24, 2.45) is 5.92 Å². The highest BCUT2D eigenvalue weighted by Gasteiger charge is 2.24. The summed E-state index contributed by atoms with van der Waals surface area (Å²) in [5.41, 5.74) is 2.66. The van der Waals surface area contributed by atoms with Gasteiger partial charge in [-0.15, -0.1) is 11.3 Å². The van der Waals surface area contributed by atoms with Crippen molar-refractivity contribution >= 4 is 39.9 Å². The molecule has 4 rings (SSSR count). The molecule has 0 aliphatic heterocycles. The predicted octanol–water partition coefficient (Wildman–Crippen LogP) is 3.23. The number of thiophene rings is 1. The molecule has 1 aliphatic rings. The second-order valence-corrected chi connectivity index (χ2v) is 8.42. The van der Waals surface area contributed by atoms with E-state index >= 15 is 0 Å². The molecule has 28 heavy (non-hydrogen) atoms. The first-order valence-corrected chi connectivity index (χ1v) is 10.1. The van der Waals surface area contributed by atoms with Gasteiger partial charge in [-0.3, -0.25) is 4.79 Å². The highest BCUT2D eigenvalue weighted by Crippen LogP contribution is 2.32. The zero-order valence-electron chi connectivity index (χ0n) is 15.6. The van der Waals surface area contributed by atoms with Crippen LogP contribution < -0.4 is 11.0 Å². The van der Waals surface area contributed by atoms with Crippen molar-refractivity contribution in [3.8, 4) is 0 Å². The lowest BCUT2D eigenvalue weighted by Crippen LogP contribution is -2.29. The average molecular weight is 399 g/mol. The van der Waals surface area contributed by atoms with E-state index in [2.05, 4.69) is 22.2 Å². The summed E-state index contributed by atoms with van der Waals surface area (Å²) in [4.78, 5) is 43.2. The summed E-state index contributed by atoms with van der Waals surface area (Å²) in [7, 11) is 0. The van der Waals surface area contributed by atoms with E-state index in [1.165, 1.54) is 21.8 Å². The van der Waals surface area contributed by atoms with Gasteiger partial charge in [-0.1, -0.05) is 6.92 Å². The van der Waals surface area contributed by atoms with Crippen molar-refractivity contribution in [1.29, 1.82) is 0 Å². The first-order valence-electron chi connectivity index (χ1n) is 9.24. The number of hydrogen-bond donors (Lipinski definition) is 3. The van der Waals surface area contributed by atoms with Crippen LogP contribution in [-0.4, -0.2) is 27.9 Å². The number of hydrogen-bond acceptors (Lipinski definition) is 5. The second kappa shape index (κ2) is 7.27. The van der Waals surface area contributed by atoms with Gasteiger partial charge in [0.25, 0.3) is 5.91 Å². The first kappa shape index (κ1) is 18.5. The third kappa shape index (κ3) is 3.73. The predicted molar refractivity (Wildman–Crippen MR) is 108 cm³/mol. The van der Waals surface area contributed by atoms with Gasteiger partial charge in [-0.2, -0.15) is 0 Å². The van der Waals surface area contributed by atoms with Crippen LogP contribution >= 0.6 is 11.3 Å². The first-order chi connectivity index (χ1) is 13.4. The molecule has 1 amide bonds. The van der Waals surface area contributed by atoms with Crippen molar-refractivity contribution < 1.29 is 14.3 Å². The Morgan fingerprint density at radius 2 is 2.04 bits per heavy atom. The Morgan fingerprint density at radius 3 is 2.86 bits per heavy atom. The van der Waals surface area contributed by atoms with Gasteiger partial charge in [0.05, 0.1) is 11.0 Å². The molecule has 1 aromatic carbocycles. The van der Waals surface area contributed by atoms with E-state index in [1.54, 1.807) is 25.1 Å². The average Bonchev–Trinajstić information content (AvgIpc) is 3.23. The summed E-state index contributed by atoms with van der Waals surface area (Å²) in [5.74, 6) is -0.274. The lowest BCUT2D eigenvalue weighted by atomic mass is 9.90. The summed E-state index contributed by atoms with van der Waals surface area (Å²) in [6.45, 7) is 3.75. The molecule has 2 aromatic heterocycles. The molecule has 0 bridgehead atoms. The van der Waals surface area contributed by atoms with Crippen LogP contribution in [0.2, 0.25) is 0 Å². The van der Waals surface area contributed by atoms with Crippen molar-refractivity contribution in [2.45, 2.75) is 39.2 Å². The summed E-state index contributed by atoms with van der Waals surface area (Å²) in [6.07, 6.45) is 2.18. The number of imidazole rings is 1. The van der Waals surface area contributed by atoms with Crippen LogP contribution in [0.4, 0.5) is 5.69 Å². The molecule has 8 heteroatoms. The lowest BCUT2D eigenvalue weighted by molar-refractivity contribution is -0.123. The molecular weight excluding hydrogens is 378 g/mol. The minimum atomic E-state index is -0.938. The standard InChI is InChI=1S/C20H21N3O4S/c1-10-3-6-16-12(7-10)8-17(28-16)19(25)27-11(2)18(24)21-13-4-5-14-15(9-13)23-20(26)22-14/h4-5,8-11H,3,6-7H2,1-2H3,(H,21,24)(H2,22,23,26)/t10-,11-/m0/s1. The minimum Gasteiger partial charge on any atom is -0.448 e. The fraction of sp³-hybridized carbons (Fsp3) is 0.350. The molecule has 3 N–H and O–H groups in total. The number of fused-ring (bicyclic) bond motifs is 2. The van der Waals surface area contributed by atoms with Crippen LogP contribution in [0.15, 0.2) is 29.1 Å². The number of H-pyrrole nitrogens is 2. The molecule has 0 unspecified atom stereocenters. The monoisotopic (exact) mass is 399 g/mol. The summed E-state index contributed by atoms with van der Waals surface area (Å²) in [6, 6.07) is 6.91. The Balaban J connectivity index is 1.40. The molecule has 0 radical (unpaired) electrons. The van der Waals surface area contributed by atoms with Crippen molar-refractivity contribution in [3.63, 3.8) is 0 Å². The van der Waals surface area contributed by atoms with E-state index in [-0.39, 0.29) is 5.69 Å². The van der Waals surface area contributed by atoms with E-state index < -0.39 is 18.0 Å². The van der Waals surface area contributed by atoms with Crippen LogP contribution in [0, 0.1) is 5.92 Å². The van der Waals surface area contributed by atoms with Gasteiger partial charge in [0.15, 0.2) is 6.10 Å². The van der Waals surface area contributed by atoms with Crippen LogP contribution in [-0.2, 0) is 22.4 Å². The molecule has 1 aliphatic carbocycles. The van der Waals surface area contributed by atoms with Gasteiger partial charge in [-0.25, -0.2) is 9.59 Å². The second-order valence-electron chi connectivity index (χ2n) is 7.28. The Morgan fingerprint density at radius 1 is 1.25 bits per heavy atom. The van der Waals surface area contributed by atoms with E-state index in [0.717, 1.165) is 19.3 Å². The van der Waals surface area contributed by atoms with Gasteiger partial charge >= 0.3 is 11.7 Å². The summed E-state index contributed by atoms with van der Waals surface area (Å²) >= 11 is 1.46. The Labute approximate surface area is 165 Å². The topological polar surface area (TPSA) is 104 Å². The fourth-order valence-corrected chi connectivity index (χ4v) is 4.52. The smallest absolute Gasteiger partial charge is 0.349 e. The fourth-order valence-electron chi connectivity index (χ4n) is 3.43. The van der Waals surface area contributed by atoms with Crippen LogP contribution in [0.3, 0.4) is 0 Å². The largest absolute Gasteiger partial charge is 0.448 e. The number of benzene rings is 1. The zero-order chi connectivity index (χ0) is 19.8. The summed E-state index contributed by atoms with van der Waals surface area (Å²) in [5, 5.41) is 2.71. The molecule has 2 atom stereocenters. The van der Waals surface area contributed by atoms with Gasteiger partial charge in [-0.05, 0) is 61.9 Å². The molecule has 7 nitrogen and oxygen atoms in total. The molecule has 0 spiro atoms. The van der Waals surface area contributed by atoms with Crippen LogP contribution in [0.25, 0.3) is 11.0 Å². The molecule has 146 valence electrons. The Hall–Kier alpha value is -2.87. The zero-order valence-corrected chi connectivity index (χ0v) is 16.4. The maximum Gasteiger partial charge on any atom is 0.349 e. The highest BCUT2D eigenvalue weighted by molar-refractivity contribution is 7.14. The quantitative estimate of drug-likeness (QED) is 0.586. The number of aromatic nitrogens is 2. The third-order valence-electron chi connectivity index (χ3n) is 4.97. The lowest BCUT2D eigenvalue weighted by Gasteiger charge is -2.16. The molecule has 2 heterocycles. The maximum atomic E-state index is 12.5. The highest BCUT2D eigenvalue weighted by atomic mass is 32.1. The van der Waals surface area contributed by atoms with Gasteiger partial charge in [0, 0.05) is 10.6 Å². The van der Waals surface area contributed by atoms with Gasteiger partial charge < -0.3 is 20.0 Å². The Bertz CT molecular complexity index is 1110. The van der Waals surface area contributed by atoms with Crippen molar-refractivity contribution in [2.75, 3.05) is 5.32 Å². The molecule has 0 saturated heterocycles. The van der Waals surface area contributed by atoms with E-state index in [0.29, 0.717) is 27.5 Å². The number of anilines is 1. The number of nitrogens with one attached hydrogen (secondary N) is 3. The van der Waals surface area contributed by atoms with Gasteiger partial charge in [0.2, 0.25) is 0 Å². The van der Waals surface area contributed by atoms with Gasteiger partial charge in [0.1, 0.15) is 4.88 Å². The SMILES string of the molecule is C[C@H]1CCc2sc(C(=O)O[C@@H](C)C(=O)Nc3ccc4[nH]c(=O)[nH]c4c3)cc2C1.